The number of hydrogen-bond acceptors (Lipinski definition) is 3. The van der Waals surface area contributed by atoms with Crippen molar-refractivity contribution in [1.29, 1.82) is 0 Å². The lowest BCUT2D eigenvalue weighted by Gasteiger charge is -2.39. The Morgan fingerprint density at radius 3 is 2.33 bits per heavy atom. The number of rotatable bonds is 2. The van der Waals surface area contributed by atoms with Crippen LogP contribution in [0.5, 0.6) is 11.5 Å². The lowest BCUT2D eigenvalue weighted by atomic mass is 9.84. The van der Waals surface area contributed by atoms with Gasteiger partial charge in [-0.1, -0.05) is 42.5 Å². The largest absolute Gasteiger partial charge is 0.486 e. The Morgan fingerprint density at radius 2 is 1.53 bits per heavy atom. The van der Waals surface area contributed by atoms with Gasteiger partial charge in [0.25, 0.3) is 5.91 Å². The highest BCUT2D eigenvalue weighted by Gasteiger charge is 2.43. The Balaban J connectivity index is 1.24. The maximum atomic E-state index is 13.4. The van der Waals surface area contributed by atoms with Crippen LogP contribution < -0.4 is 9.47 Å². The Morgan fingerprint density at radius 1 is 0.800 bits per heavy atom. The van der Waals surface area contributed by atoms with Crippen molar-refractivity contribution in [3.05, 3.63) is 71.8 Å². The van der Waals surface area contributed by atoms with Gasteiger partial charge in [-0.15, -0.1) is 0 Å². The average Bonchev–Trinajstić information content (AvgIpc) is 3.06. The van der Waals surface area contributed by atoms with E-state index in [1.807, 2.05) is 18.2 Å². The molecule has 1 unspecified atom stereocenters. The third-order valence-electron chi connectivity index (χ3n) is 7.00. The molecule has 2 saturated heterocycles. The first-order valence-corrected chi connectivity index (χ1v) is 11.0. The number of fused-ring (bicyclic) bond motifs is 4. The molecular formula is C26H25NO3. The number of nitrogens with zero attached hydrogens (tertiary/aromatic N) is 1. The summed E-state index contributed by atoms with van der Waals surface area (Å²) >= 11 is 0. The van der Waals surface area contributed by atoms with Crippen molar-refractivity contribution in [2.24, 2.45) is 0 Å². The number of ether oxygens (including phenoxy) is 2. The maximum Gasteiger partial charge on any atom is 0.254 e. The van der Waals surface area contributed by atoms with Crippen LogP contribution in [0.2, 0.25) is 0 Å². The zero-order valence-electron chi connectivity index (χ0n) is 16.9. The zero-order chi connectivity index (χ0) is 20.1. The van der Waals surface area contributed by atoms with Crippen LogP contribution >= 0.6 is 0 Å². The van der Waals surface area contributed by atoms with Gasteiger partial charge in [0, 0.05) is 17.6 Å². The molecule has 2 fully saturated rings. The fourth-order valence-corrected chi connectivity index (χ4v) is 5.57. The van der Waals surface area contributed by atoms with Crippen LogP contribution in [-0.4, -0.2) is 36.1 Å². The maximum absolute atomic E-state index is 13.4. The lowest BCUT2D eigenvalue weighted by Crippen LogP contribution is -2.46. The van der Waals surface area contributed by atoms with Crippen LogP contribution in [0, 0.1) is 0 Å². The second-order valence-electron chi connectivity index (χ2n) is 8.73. The molecule has 3 atom stereocenters. The summed E-state index contributed by atoms with van der Waals surface area (Å²) in [6.07, 6.45) is 4.30. The van der Waals surface area contributed by atoms with E-state index >= 15 is 0 Å². The predicted octanol–water partition coefficient (Wildman–Crippen LogP) is 5.16. The van der Waals surface area contributed by atoms with E-state index in [0.717, 1.165) is 31.4 Å². The summed E-state index contributed by atoms with van der Waals surface area (Å²) in [4.78, 5) is 15.5. The van der Waals surface area contributed by atoms with Gasteiger partial charge in [0.05, 0.1) is 0 Å². The molecule has 0 saturated carbocycles. The van der Waals surface area contributed by atoms with Gasteiger partial charge in [-0.05, 0) is 66.1 Å². The Labute approximate surface area is 176 Å². The highest BCUT2D eigenvalue weighted by atomic mass is 16.6. The molecule has 3 heterocycles. The fourth-order valence-electron chi connectivity index (χ4n) is 5.57. The normalized spacial score (nSPS) is 24.8. The molecule has 6 rings (SSSR count). The van der Waals surface area contributed by atoms with Crippen molar-refractivity contribution in [2.45, 2.75) is 43.7 Å². The molecule has 3 aromatic carbocycles. The summed E-state index contributed by atoms with van der Waals surface area (Å²) in [5, 5.41) is 2.59. The van der Waals surface area contributed by atoms with Crippen LogP contribution in [0.25, 0.3) is 10.8 Å². The SMILES string of the molecule is O=C(c1ccc2c(c1)OCCO2)N1[C@@H]2CC[C@H]1CC(c1ccc3ccccc3c1)C2. The molecule has 0 radical (unpaired) electrons. The molecule has 30 heavy (non-hydrogen) atoms. The summed E-state index contributed by atoms with van der Waals surface area (Å²) < 4.78 is 11.3. The van der Waals surface area contributed by atoms with Gasteiger partial charge in [-0.3, -0.25) is 4.79 Å². The molecule has 0 aliphatic carbocycles. The molecule has 1 amide bonds. The van der Waals surface area contributed by atoms with E-state index < -0.39 is 0 Å². The molecule has 0 spiro atoms. The highest BCUT2D eigenvalue weighted by molar-refractivity contribution is 5.95. The van der Waals surface area contributed by atoms with Crippen LogP contribution in [0.3, 0.4) is 0 Å². The van der Waals surface area contributed by atoms with E-state index in [0.29, 0.717) is 42.5 Å². The summed E-state index contributed by atoms with van der Waals surface area (Å²) in [7, 11) is 0. The standard InChI is InChI=1S/C26H25NO3/c28-26(20-7-10-24-25(16-20)30-12-11-29-24)27-22-8-9-23(27)15-21(14-22)19-6-5-17-3-1-2-4-18(17)13-19/h1-7,10,13,16,21-23H,8-9,11-12,14-15H2/t21?,22-,23+. The van der Waals surface area contributed by atoms with Gasteiger partial charge in [0.1, 0.15) is 13.2 Å². The Hall–Kier alpha value is -3.01. The summed E-state index contributed by atoms with van der Waals surface area (Å²) in [5.74, 6) is 2.08. The number of amides is 1. The number of hydrogen-bond donors (Lipinski definition) is 0. The van der Waals surface area contributed by atoms with Crippen LogP contribution in [0.1, 0.15) is 47.5 Å². The second kappa shape index (κ2) is 7.05. The quantitative estimate of drug-likeness (QED) is 0.597. The molecular weight excluding hydrogens is 374 g/mol. The van der Waals surface area contributed by atoms with Gasteiger partial charge < -0.3 is 14.4 Å². The van der Waals surface area contributed by atoms with Crippen molar-refractivity contribution in [3.8, 4) is 11.5 Å². The number of piperidine rings is 1. The molecule has 0 N–H and O–H groups in total. The first-order chi connectivity index (χ1) is 14.8. The highest BCUT2D eigenvalue weighted by Crippen LogP contribution is 2.44. The van der Waals surface area contributed by atoms with Crippen LogP contribution in [-0.2, 0) is 0 Å². The van der Waals surface area contributed by atoms with Crippen LogP contribution in [0.4, 0.5) is 0 Å². The molecule has 4 nitrogen and oxygen atoms in total. The number of benzene rings is 3. The van der Waals surface area contributed by atoms with E-state index in [-0.39, 0.29) is 5.91 Å². The van der Waals surface area contributed by atoms with Gasteiger partial charge in [-0.25, -0.2) is 0 Å². The average molecular weight is 399 g/mol. The van der Waals surface area contributed by atoms with E-state index in [2.05, 4.69) is 47.4 Å². The van der Waals surface area contributed by atoms with Crippen molar-refractivity contribution in [3.63, 3.8) is 0 Å². The van der Waals surface area contributed by atoms with Crippen molar-refractivity contribution < 1.29 is 14.3 Å². The monoisotopic (exact) mass is 399 g/mol. The zero-order valence-corrected chi connectivity index (χ0v) is 16.9. The van der Waals surface area contributed by atoms with E-state index in [9.17, 15) is 4.79 Å². The van der Waals surface area contributed by atoms with Crippen LogP contribution in [0.15, 0.2) is 60.7 Å². The topological polar surface area (TPSA) is 38.8 Å². The molecule has 2 bridgehead atoms. The third kappa shape index (κ3) is 2.94. The molecule has 152 valence electrons. The van der Waals surface area contributed by atoms with Gasteiger partial charge in [0.15, 0.2) is 11.5 Å². The molecule has 0 aromatic heterocycles. The first kappa shape index (κ1) is 17.8. The molecule has 3 aromatic rings. The molecule has 4 heteroatoms. The Kier molecular flexibility index (Phi) is 4.19. The van der Waals surface area contributed by atoms with Gasteiger partial charge in [0.2, 0.25) is 0 Å². The van der Waals surface area contributed by atoms with Gasteiger partial charge >= 0.3 is 0 Å². The molecule has 3 aliphatic heterocycles. The van der Waals surface area contributed by atoms with E-state index in [1.54, 1.807) is 0 Å². The summed E-state index contributed by atoms with van der Waals surface area (Å²) in [6.45, 7) is 1.10. The lowest BCUT2D eigenvalue weighted by molar-refractivity contribution is 0.0570. The van der Waals surface area contributed by atoms with Crippen molar-refractivity contribution >= 4 is 16.7 Å². The predicted molar refractivity (Wildman–Crippen MR) is 116 cm³/mol. The minimum atomic E-state index is 0.136. The number of carbonyl (C=O) groups excluding carboxylic acids is 1. The Bertz CT molecular complexity index is 1110. The minimum Gasteiger partial charge on any atom is -0.486 e. The fraction of sp³-hybridized carbons (Fsp3) is 0.346. The molecule has 3 aliphatic rings. The summed E-state index contributed by atoms with van der Waals surface area (Å²) in [6, 6.07) is 21.6. The first-order valence-electron chi connectivity index (χ1n) is 11.0. The van der Waals surface area contributed by atoms with Gasteiger partial charge in [-0.2, -0.15) is 0 Å². The van der Waals surface area contributed by atoms with Crippen molar-refractivity contribution in [2.75, 3.05) is 13.2 Å². The summed E-state index contributed by atoms with van der Waals surface area (Å²) in [5.41, 5.74) is 2.12. The second-order valence-corrected chi connectivity index (χ2v) is 8.73. The van der Waals surface area contributed by atoms with Crippen molar-refractivity contribution in [1.82, 2.24) is 4.90 Å². The third-order valence-corrected chi connectivity index (χ3v) is 7.00. The minimum absolute atomic E-state index is 0.136. The smallest absolute Gasteiger partial charge is 0.254 e. The van der Waals surface area contributed by atoms with E-state index in [1.165, 1.54) is 16.3 Å². The number of carbonyl (C=O) groups is 1. The van der Waals surface area contributed by atoms with E-state index in [4.69, 9.17) is 9.47 Å².